The van der Waals surface area contributed by atoms with E-state index in [1.165, 1.54) is 25.1 Å². The zero-order chi connectivity index (χ0) is 18.7. The molecule has 0 aliphatic carbocycles. The zero-order valence-corrected chi connectivity index (χ0v) is 14.4. The normalized spacial score (nSPS) is 10.7. The number of Topliss-reactive ketones (excluding diaryl/α,β-unsaturated/α-hetero) is 1. The Kier molecular flexibility index (Phi) is 5.02. The van der Waals surface area contributed by atoms with Gasteiger partial charge in [-0.05, 0) is 44.2 Å². The van der Waals surface area contributed by atoms with Crippen LogP contribution in [0, 0.1) is 12.7 Å². The molecule has 5 nitrogen and oxygen atoms in total. The van der Waals surface area contributed by atoms with E-state index in [0.717, 1.165) is 0 Å². The minimum Gasteiger partial charge on any atom is -0.489 e. The third-order valence-corrected chi connectivity index (χ3v) is 3.92. The van der Waals surface area contributed by atoms with Crippen molar-refractivity contribution >= 4 is 22.7 Å². The highest BCUT2D eigenvalue weighted by atomic mass is 19.1. The Bertz CT molecular complexity index is 973. The molecule has 3 rings (SSSR count). The molecule has 0 bridgehead atoms. The lowest BCUT2D eigenvalue weighted by molar-refractivity contribution is 0.0415. The van der Waals surface area contributed by atoms with Gasteiger partial charge in [-0.25, -0.2) is 9.18 Å². The number of furan rings is 1. The number of hydrogen-bond acceptors (Lipinski definition) is 5. The molecule has 0 saturated carbocycles. The quantitative estimate of drug-likeness (QED) is 0.374. The van der Waals surface area contributed by atoms with E-state index in [0.29, 0.717) is 27.8 Å². The molecule has 0 amide bonds. The summed E-state index contributed by atoms with van der Waals surface area (Å²) in [6, 6.07) is 10.9. The molecule has 0 spiro atoms. The first-order chi connectivity index (χ1) is 12.5. The highest BCUT2D eigenvalue weighted by Gasteiger charge is 2.19. The summed E-state index contributed by atoms with van der Waals surface area (Å²) in [5, 5.41) is 0.531. The summed E-state index contributed by atoms with van der Waals surface area (Å²) in [5.74, 6) is -0.690. The van der Waals surface area contributed by atoms with Gasteiger partial charge in [0.25, 0.3) is 0 Å². The van der Waals surface area contributed by atoms with Crippen LogP contribution in [0.4, 0.5) is 4.39 Å². The Labute approximate surface area is 149 Å². The van der Waals surface area contributed by atoms with Gasteiger partial charge in [0.15, 0.2) is 5.78 Å². The van der Waals surface area contributed by atoms with Gasteiger partial charge in [0.2, 0.25) is 5.76 Å². The number of ketones is 1. The van der Waals surface area contributed by atoms with Crippen LogP contribution in [0.3, 0.4) is 0 Å². The van der Waals surface area contributed by atoms with Crippen LogP contribution in [0.5, 0.6) is 5.75 Å². The fourth-order valence-electron chi connectivity index (χ4n) is 2.62. The number of hydrogen-bond donors (Lipinski definition) is 0. The van der Waals surface area contributed by atoms with Crippen molar-refractivity contribution in [2.75, 3.05) is 13.2 Å². The summed E-state index contributed by atoms with van der Waals surface area (Å²) < 4.78 is 29.4. The van der Waals surface area contributed by atoms with E-state index in [2.05, 4.69) is 0 Å². The molecular weight excluding hydrogens is 339 g/mol. The molecule has 1 aromatic heterocycles. The van der Waals surface area contributed by atoms with Crippen molar-refractivity contribution < 1.29 is 27.9 Å². The van der Waals surface area contributed by atoms with Crippen molar-refractivity contribution in [3.63, 3.8) is 0 Å². The Morgan fingerprint density at radius 1 is 1.12 bits per heavy atom. The molecule has 0 aliphatic rings. The van der Waals surface area contributed by atoms with Crippen LogP contribution >= 0.6 is 0 Å². The van der Waals surface area contributed by atoms with Crippen LogP contribution in [0.25, 0.3) is 11.0 Å². The van der Waals surface area contributed by atoms with Gasteiger partial charge < -0.3 is 13.9 Å². The van der Waals surface area contributed by atoms with Crippen LogP contribution in [-0.2, 0) is 4.74 Å². The van der Waals surface area contributed by atoms with E-state index >= 15 is 0 Å². The molecule has 0 radical (unpaired) electrons. The third-order valence-electron chi connectivity index (χ3n) is 3.92. The Morgan fingerprint density at radius 3 is 2.65 bits per heavy atom. The smallest absolute Gasteiger partial charge is 0.374 e. The molecule has 0 atom stereocenters. The number of para-hydroxylation sites is 1. The monoisotopic (exact) mass is 356 g/mol. The number of aryl methyl sites for hydroxylation is 1. The zero-order valence-electron chi connectivity index (χ0n) is 14.4. The number of halogens is 1. The molecule has 3 aromatic rings. The molecular formula is C20H17FO5. The molecule has 0 unspecified atom stereocenters. The topological polar surface area (TPSA) is 65.7 Å². The Hall–Kier alpha value is -3.15. The minimum absolute atomic E-state index is 0.0179. The van der Waals surface area contributed by atoms with Crippen LogP contribution in [0.15, 0.2) is 46.9 Å². The van der Waals surface area contributed by atoms with Crippen LogP contribution in [-0.4, -0.2) is 25.0 Å². The second-order valence-electron chi connectivity index (χ2n) is 5.73. The van der Waals surface area contributed by atoms with E-state index in [1.807, 2.05) is 0 Å². The summed E-state index contributed by atoms with van der Waals surface area (Å²) in [5.41, 5.74) is 1.41. The maximum atomic E-state index is 13.3. The number of rotatable bonds is 6. The number of ether oxygens (including phenoxy) is 2. The molecule has 6 heteroatoms. The standard InChI is InChI=1S/C20H17FO5/c1-12-16-11-14(21)7-8-18(16)26-19(12)20(23)25-10-9-24-17-6-4-3-5-15(17)13(2)22/h3-8,11H,9-10H2,1-2H3. The summed E-state index contributed by atoms with van der Waals surface area (Å²) >= 11 is 0. The van der Waals surface area contributed by atoms with Gasteiger partial charge in [-0.2, -0.15) is 0 Å². The van der Waals surface area contributed by atoms with E-state index < -0.39 is 11.8 Å². The van der Waals surface area contributed by atoms with Gasteiger partial charge in [-0.1, -0.05) is 12.1 Å². The van der Waals surface area contributed by atoms with Crippen molar-refractivity contribution in [3.8, 4) is 5.75 Å². The maximum Gasteiger partial charge on any atom is 0.374 e. The van der Waals surface area contributed by atoms with E-state index in [1.54, 1.807) is 31.2 Å². The summed E-state index contributed by atoms with van der Waals surface area (Å²) in [6.07, 6.45) is 0. The van der Waals surface area contributed by atoms with Gasteiger partial charge in [0, 0.05) is 10.9 Å². The van der Waals surface area contributed by atoms with Gasteiger partial charge in [0.1, 0.15) is 30.4 Å². The first-order valence-electron chi connectivity index (χ1n) is 8.06. The third kappa shape index (κ3) is 3.59. The number of fused-ring (bicyclic) bond motifs is 1. The Morgan fingerprint density at radius 2 is 1.88 bits per heavy atom. The highest BCUT2D eigenvalue weighted by molar-refractivity contribution is 5.97. The predicted octanol–water partition coefficient (Wildman–Crippen LogP) is 4.32. The van der Waals surface area contributed by atoms with E-state index in [4.69, 9.17) is 13.9 Å². The molecule has 26 heavy (non-hydrogen) atoms. The van der Waals surface area contributed by atoms with Crippen molar-refractivity contribution in [2.24, 2.45) is 0 Å². The van der Waals surface area contributed by atoms with Crippen molar-refractivity contribution in [1.82, 2.24) is 0 Å². The summed E-state index contributed by atoms with van der Waals surface area (Å²) in [6.45, 7) is 3.19. The van der Waals surface area contributed by atoms with Crippen LogP contribution < -0.4 is 4.74 Å². The largest absolute Gasteiger partial charge is 0.489 e. The van der Waals surface area contributed by atoms with Crippen LogP contribution in [0.2, 0.25) is 0 Å². The number of esters is 1. The Balaban J connectivity index is 1.62. The fourth-order valence-corrected chi connectivity index (χ4v) is 2.62. The average Bonchev–Trinajstić information content (AvgIpc) is 2.95. The second kappa shape index (κ2) is 7.39. The van der Waals surface area contributed by atoms with Crippen molar-refractivity contribution in [2.45, 2.75) is 13.8 Å². The molecule has 0 fully saturated rings. The number of carbonyl (C=O) groups excluding carboxylic acids is 2. The molecule has 0 saturated heterocycles. The molecule has 134 valence electrons. The lowest BCUT2D eigenvalue weighted by Gasteiger charge is -2.09. The predicted molar refractivity (Wildman–Crippen MR) is 93.1 cm³/mol. The van der Waals surface area contributed by atoms with Gasteiger partial charge >= 0.3 is 5.97 Å². The maximum absolute atomic E-state index is 13.3. The molecule has 2 aromatic carbocycles. The second-order valence-corrected chi connectivity index (χ2v) is 5.73. The highest BCUT2D eigenvalue weighted by Crippen LogP contribution is 2.26. The van der Waals surface area contributed by atoms with Crippen molar-refractivity contribution in [3.05, 3.63) is 65.2 Å². The minimum atomic E-state index is -0.650. The molecule has 0 N–H and O–H groups in total. The van der Waals surface area contributed by atoms with Gasteiger partial charge in [-0.3, -0.25) is 4.79 Å². The van der Waals surface area contributed by atoms with Gasteiger partial charge in [-0.15, -0.1) is 0 Å². The molecule has 1 heterocycles. The fraction of sp³-hybridized carbons (Fsp3) is 0.200. The summed E-state index contributed by atoms with van der Waals surface area (Å²) in [4.78, 5) is 23.7. The summed E-state index contributed by atoms with van der Waals surface area (Å²) in [7, 11) is 0. The number of benzene rings is 2. The number of carbonyl (C=O) groups is 2. The molecule has 0 aliphatic heterocycles. The lowest BCUT2D eigenvalue weighted by Crippen LogP contribution is -2.13. The first-order valence-corrected chi connectivity index (χ1v) is 8.06. The van der Waals surface area contributed by atoms with Crippen molar-refractivity contribution in [1.29, 1.82) is 0 Å². The first kappa shape index (κ1) is 17.7. The average molecular weight is 356 g/mol. The van der Waals surface area contributed by atoms with E-state index in [9.17, 15) is 14.0 Å². The van der Waals surface area contributed by atoms with Crippen LogP contribution in [0.1, 0.15) is 33.4 Å². The van der Waals surface area contributed by atoms with Gasteiger partial charge in [0.05, 0.1) is 5.56 Å². The lowest BCUT2D eigenvalue weighted by atomic mass is 10.1. The SMILES string of the molecule is CC(=O)c1ccccc1OCCOC(=O)c1oc2ccc(F)cc2c1C. The van der Waals surface area contributed by atoms with E-state index in [-0.39, 0.29) is 24.8 Å².